The van der Waals surface area contributed by atoms with Crippen LogP contribution in [-0.2, 0) is 20.3 Å². The second-order valence-corrected chi connectivity index (χ2v) is 15.3. The van der Waals surface area contributed by atoms with Gasteiger partial charge >= 0.3 is 6.09 Å². The summed E-state index contributed by atoms with van der Waals surface area (Å²) in [7, 11) is -3.50. The lowest BCUT2D eigenvalue weighted by atomic mass is 9.94. The van der Waals surface area contributed by atoms with Crippen LogP contribution in [0.1, 0.15) is 58.6 Å². The number of carbonyl (C=O) groups is 1. The van der Waals surface area contributed by atoms with E-state index in [2.05, 4.69) is 22.2 Å². The molecule has 1 amide bonds. The molecular formula is C35H42FN5O5S. The van der Waals surface area contributed by atoms with Crippen molar-refractivity contribution in [2.45, 2.75) is 71.8 Å². The summed E-state index contributed by atoms with van der Waals surface area (Å²) >= 11 is 0. The Morgan fingerprint density at radius 3 is 2.60 bits per heavy atom. The molecule has 1 saturated heterocycles. The molecule has 1 N–H and O–H groups in total. The van der Waals surface area contributed by atoms with E-state index in [1.165, 1.54) is 6.07 Å². The molecule has 2 aromatic carbocycles. The third-order valence-corrected chi connectivity index (χ3v) is 9.87. The van der Waals surface area contributed by atoms with Gasteiger partial charge in [-0.05, 0) is 87.7 Å². The van der Waals surface area contributed by atoms with E-state index in [9.17, 15) is 13.2 Å². The number of aromatic nitrogens is 3. The maximum Gasteiger partial charge on any atom is 0.410 e. The number of hydrogen-bond donors (Lipinski definition) is 1. The standard InChI is InChI=1S/C35H42FN5O5S/c1-7-19-47(43,44)21-27-24-11-10-23(3)31(25(24)12-13-28(27)36)45-32-26(9-8-16-37-32)29-14-17-38-33(39-29)40-30-20-41(18-15-22(30)2)34(42)46-35(4,5)6/h8-14,16-17,22,30H,7,15,18-21H2,1-6H3,(H,38,39,40)/t22-,30-/m1/s1. The molecule has 5 rings (SSSR count). The second kappa shape index (κ2) is 13.8. The first-order chi connectivity index (χ1) is 22.2. The van der Waals surface area contributed by atoms with Gasteiger partial charge < -0.3 is 19.7 Å². The Kier molecular flexibility index (Phi) is 10.00. The molecule has 0 radical (unpaired) electrons. The van der Waals surface area contributed by atoms with Crippen molar-refractivity contribution in [1.82, 2.24) is 19.9 Å². The average Bonchev–Trinajstić information content (AvgIpc) is 3.00. The van der Waals surface area contributed by atoms with Crippen molar-refractivity contribution in [3.05, 3.63) is 71.8 Å². The number of ether oxygens (including phenoxy) is 2. The van der Waals surface area contributed by atoms with E-state index >= 15 is 4.39 Å². The van der Waals surface area contributed by atoms with Gasteiger partial charge in [-0.25, -0.2) is 32.6 Å². The Morgan fingerprint density at radius 1 is 1.09 bits per heavy atom. The number of likely N-dealkylation sites (tertiary alicyclic amines) is 1. The summed E-state index contributed by atoms with van der Waals surface area (Å²) < 4.78 is 52.4. The normalized spacial score (nSPS) is 17.0. The SMILES string of the molecule is CCCS(=O)(=O)Cc1c(F)ccc2c(Oc3ncccc3-c3ccnc(N[C@@H]4CN(C(=O)OC(C)(C)C)CC[C@H]4C)n3)c(C)ccc12. The number of benzene rings is 2. The van der Waals surface area contributed by atoms with Crippen LogP contribution in [0.4, 0.5) is 15.1 Å². The van der Waals surface area contributed by atoms with Crippen LogP contribution in [0.25, 0.3) is 22.0 Å². The fourth-order valence-corrected chi connectivity index (χ4v) is 7.17. The smallest absolute Gasteiger partial charge is 0.410 e. The van der Waals surface area contributed by atoms with Crippen molar-refractivity contribution in [2.24, 2.45) is 5.92 Å². The van der Waals surface area contributed by atoms with Gasteiger partial charge in [0.1, 0.15) is 17.2 Å². The molecule has 0 aliphatic carbocycles. The highest BCUT2D eigenvalue weighted by Crippen LogP contribution is 2.38. The number of piperidine rings is 1. The number of pyridine rings is 1. The van der Waals surface area contributed by atoms with E-state index in [0.717, 1.165) is 12.0 Å². The lowest BCUT2D eigenvalue weighted by molar-refractivity contribution is 0.0176. The van der Waals surface area contributed by atoms with Crippen molar-refractivity contribution in [2.75, 3.05) is 24.2 Å². The summed E-state index contributed by atoms with van der Waals surface area (Å²) in [5.41, 5.74) is 1.48. The van der Waals surface area contributed by atoms with E-state index in [4.69, 9.17) is 14.5 Å². The molecule has 2 atom stereocenters. The van der Waals surface area contributed by atoms with Gasteiger partial charge in [0.15, 0.2) is 9.84 Å². The predicted molar refractivity (Wildman–Crippen MR) is 181 cm³/mol. The number of rotatable bonds is 9. The Bertz CT molecular complexity index is 1880. The molecule has 1 fully saturated rings. The topological polar surface area (TPSA) is 124 Å². The first-order valence-corrected chi connectivity index (χ1v) is 17.7. The number of sulfone groups is 1. The van der Waals surface area contributed by atoms with E-state index in [0.29, 0.717) is 53.2 Å². The molecule has 10 nitrogen and oxygen atoms in total. The number of carbonyl (C=O) groups excluding carboxylic acids is 1. The number of nitrogens with zero attached hydrogens (tertiary/aromatic N) is 4. The Morgan fingerprint density at radius 2 is 1.85 bits per heavy atom. The fraction of sp³-hybridized carbons (Fsp3) is 0.429. The minimum atomic E-state index is -3.50. The molecule has 47 heavy (non-hydrogen) atoms. The first kappa shape index (κ1) is 34.0. The van der Waals surface area contributed by atoms with E-state index < -0.39 is 27.0 Å². The van der Waals surface area contributed by atoms with Crippen LogP contribution in [0.15, 0.2) is 54.9 Å². The maximum atomic E-state index is 15.0. The number of nitrogens with one attached hydrogen (secondary N) is 1. The third-order valence-electron chi connectivity index (χ3n) is 8.11. The van der Waals surface area contributed by atoms with Crippen LogP contribution in [0.5, 0.6) is 11.6 Å². The Balaban J connectivity index is 1.43. The maximum absolute atomic E-state index is 15.0. The molecule has 1 aliphatic heterocycles. The highest BCUT2D eigenvalue weighted by molar-refractivity contribution is 7.90. The van der Waals surface area contributed by atoms with Crippen LogP contribution in [0.2, 0.25) is 0 Å². The predicted octanol–water partition coefficient (Wildman–Crippen LogP) is 7.31. The van der Waals surface area contributed by atoms with Gasteiger partial charge in [0.25, 0.3) is 0 Å². The summed E-state index contributed by atoms with van der Waals surface area (Å²) in [5.74, 6) is 0.392. The van der Waals surface area contributed by atoms with E-state index in [-0.39, 0.29) is 35.2 Å². The van der Waals surface area contributed by atoms with E-state index in [1.807, 2.05) is 33.8 Å². The molecule has 0 spiro atoms. The quantitative estimate of drug-likeness (QED) is 0.196. The van der Waals surface area contributed by atoms with Gasteiger partial charge in [0.05, 0.1) is 22.8 Å². The van der Waals surface area contributed by atoms with Crippen molar-refractivity contribution in [3.8, 4) is 22.9 Å². The van der Waals surface area contributed by atoms with Gasteiger partial charge in [0, 0.05) is 42.5 Å². The molecule has 250 valence electrons. The zero-order valence-corrected chi connectivity index (χ0v) is 28.5. The second-order valence-electron chi connectivity index (χ2n) is 13.1. The number of halogens is 1. The summed E-state index contributed by atoms with van der Waals surface area (Å²) in [6, 6.07) is 11.7. The van der Waals surface area contributed by atoms with Gasteiger partial charge in [-0.15, -0.1) is 0 Å². The van der Waals surface area contributed by atoms with Crippen LogP contribution in [-0.4, -0.2) is 64.8 Å². The van der Waals surface area contributed by atoms with Crippen molar-refractivity contribution >= 4 is 32.7 Å². The van der Waals surface area contributed by atoms with Gasteiger partial charge in [0.2, 0.25) is 11.8 Å². The third kappa shape index (κ3) is 8.16. The molecule has 3 heterocycles. The zero-order valence-electron chi connectivity index (χ0n) is 27.7. The average molecular weight is 664 g/mol. The summed E-state index contributed by atoms with van der Waals surface area (Å²) in [6.07, 6.45) is 4.17. The van der Waals surface area contributed by atoms with Crippen LogP contribution >= 0.6 is 0 Å². The minimum Gasteiger partial charge on any atom is -0.444 e. The largest absolute Gasteiger partial charge is 0.444 e. The van der Waals surface area contributed by atoms with Crippen LogP contribution < -0.4 is 10.1 Å². The lowest BCUT2D eigenvalue weighted by Crippen LogP contribution is -2.50. The number of aryl methyl sites for hydroxylation is 1. The number of amides is 1. The highest BCUT2D eigenvalue weighted by atomic mass is 32.2. The summed E-state index contributed by atoms with van der Waals surface area (Å²) in [4.78, 5) is 28.2. The summed E-state index contributed by atoms with van der Waals surface area (Å²) in [6.45, 7) is 12.4. The van der Waals surface area contributed by atoms with Crippen molar-refractivity contribution in [3.63, 3.8) is 0 Å². The molecule has 0 saturated carbocycles. The van der Waals surface area contributed by atoms with Crippen molar-refractivity contribution in [1.29, 1.82) is 0 Å². The molecule has 0 unspecified atom stereocenters. The fourth-order valence-electron chi connectivity index (χ4n) is 5.67. The minimum absolute atomic E-state index is 0.0211. The number of fused-ring (bicyclic) bond motifs is 1. The molecule has 2 aromatic heterocycles. The molecule has 4 aromatic rings. The van der Waals surface area contributed by atoms with Crippen LogP contribution in [0, 0.1) is 18.7 Å². The number of anilines is 1. The van der Waals surface area contributed by atoms with Gasteiger partial charge in [-0.1, -0.05) is 26.0 Å². The molecule has 0 bridgehead atoms. The molecule has 1 aliphatic rings. The first-order valence-electron chi connectivity index (χ1n) is 15.9. The Labute approximate surface area is 275 Å². The van der Waals surface area contributed by atoms with Gasteiger partial charge in [-0.3, -0.25) is 0 Å². The van der Waals surface area contributed by atoms with Crippen LogP contribution in [0.3, 0.4) is 0 Å². The Hall–Kier alpha value is -4.32. The van der Waals surface area contributed by atoms with E-state index in [1.54, 1.807) is 54.5 Å². The highest BCUT2D eigenvalue weighted by Gasteiger charge is 2.32. The van der Waals surface area contributed by atoms with Crippen molar-refractivity contribution < 1.29 is 27.1 Å². The lowest BCUT2D eigenvalue weighted by Gasteiger charge is -2.38. The summed E-state index contributed by atoms with van der Waals surface area (Å²) in [5, 5.41) is 4.46. The number of hydrogen-bond acceptors (Lipinski definition) is 9. The van der Waals surface area contributed by atoms with Gasteiger partial charge in [-0.2, -0.15) is 0 Å². The molecular weight excluding hydrogens is 621 g/mol. The molecule has 12 heteroatoms. The zero-order chi connectivity index (χ0) is 33.9. The monoisotopic (exact) mass is 663 g/mol.